The molecule has 2 aromatic carbocycles. The number of aromatic nitrogens is 1. The molecule has 0 radical (unpaired) electrons. The molecule has 7 heteroatoms. The summed E-state index contributed by atoms with van der Waals surface area (Å²) in [5.74, 6) is -0.197. The molecule has 1 heterocycles. The number of halogens is 1. The van der Waals surface area contributed by atoms with E-state index in [1.165, 1.54) is 28.4 Å². The number of nitrogens with one attached hydrogen (secondary N) is 1. The summed E-state index contributed by atoms with van der Waals surface area (Å²) in [7, 11) is 5.62. The summed E-state index contributed by atoms with van der Waals surface area (Å²) in [6, 6.07) is 11.6. The van der Waals surface area contributed by atoms with Crippen LogP contribution >= 0.6 is 11.3 Å². The maximum atomic E-state index is 14.1. The zero-order chi connectivity index (χ0) is 18.7. The molecule has 1 aromatic heterocycles. The number of likely N-dealkylation sites (N-methyl/N-ethyl adjacent to an activating group) is 1. The number of nitrogens with zero attached hydrogens (tertiary/aromatic N) is 2. The Labute approximate surface area is 155 Å². The summed E-state index contributed by atoms with van der Waals surface area (Å²) < 4.78 is 20.3. The van der Waals surface area contributed by atoms with Gasteiger partial charge in [0.05, 0.1) is 50.1 Å². The number of hydrogen-bond donors (Lipinski definition) is 1. The van der Waals surface area contributed by atoms with Crippen molar-refractivity contribution in [2.45, 2.75) is 0 Å². The molecule has 0 bridgehead atoms. The summed E-state index contributed by atoms with van der Waals surface area (Å²) >= 11 is 1.41. The Kier molecular flexibility index (Phi) is 5.49. The van der Waals surface area contributed by atoms with E-state index in [-0.39, 0.29) is 11.5 Å². The van der Waals surface area contributed by atoms with Crippen LogP contribution in [0.25, 0.3) is 10.2 Å². The Balaban J connectivity index is 2.00. The summed E-state index contributed by atoms with van der Waals surface area (Å²) in [4.78, 5) is 20.3. The SMILES string of the molecule is COc1ccc2sc(N(CC[NH+](C)C)C(=O)c3ccccc3F)nc2c1. The molecule has 3 rings (SSSR count). The highest BCUT2D eigenvalue weighted by molar-refractivity contribution is 7.22. The zero-order valence-corrected chi connectivity index (χ0v) is 15.8. The van der Waals surface area contributed by atoms with Crippen molar-refractivity contribution < 1.29 is 18.8 Å². The number of quaternary nitrogens is 1. The molecule has 0 spiro atoms. The Morgan fingerprint density at radius 2 is 2.04 bits per heavy atom. The van der Waals surface area contributed by atoms with E-state index in [9.17, 15) is 9.18 Å². The van der Waals surface area contributed by atoms with Crippen molar-refractivity contribution in [2.24, 2.45) is 0 Å². The molecule has 0 atom stereocenters. The number of carbonyl (C=O) groups excluding carboxylic acids is 1. The standard InChI is InChI=1S/C19H20FN3O2S/c1-22(2)10-11-23(18(24)14-6-4-5-7-15(14)20)19-21-16-12-13(25-3)8-9-17(16)26-19/h4-9,12H,10-11H2,1-3H3/p+1. The van der Waals surface area contributed by atoms with Crippen molar-refractivity contribution in [1.29, 1.82) is 0 Å². The van der Waals surface area contributed by atoms with Crippen LogP contribution < -0.4 is 14.5 Å². The van der Waals surface area contributed by atoms with Gasteiger partial charge in [-0.3, -0.25) is 9.69 Å². The number of amides is 1. The first-order valence-electron chi connectivity index (χ1n) is 8.29. The topological polar surface area (TPSA) is 46.9 Å². The fraction of sp³-hybridized carbons (Fsp3) is 0.263. The van der Waals surface area contributed by atoms with Crippen molar-refractivity contribution in [3.05, 3.63) is 53.8 Å². The molecule has 0 aliphatic heterocycles. The maximum absolute atomic E-state index is 14.1. The molecular formula is C19H21FN3O2S+. The van der Waals surface area contributed by atoms with Gasteiger partial charge in [0, 0.05) is 6.07 Å². The minimum atomic E-state index is -0.525. The van der Waals surface area contributed by atoms with Crippen LogP contribution in [0.15, 0.2) is 42.5 Å². The molecular weight excluding hydrogens is 353 g/mol. The molecule has 0 fully saturated rings. The van der Waals surface area contributed by atoms with E-state index in [0.717, 1.165) is 16.8 Å². The second-order valence-electron chi connectivity index (χ2n) is 6.22. The van der Waals surface area contributed by atoms with Crippen LogP contribution in [-0.4, -0.2) is 45.2 Å². The van der Waals surface area contributed by atoms with Gasteiger partial charge in [0.15, 0.2) is 5.13 Å². The Morgan fingerprint density at radius 3 is 2.73 bits per heavy atom. The molecule has 26 heavy (non-hydrogen) atoms. The monoisotopic (exact) mass is 374 g/mol. The van der Waals surface area contributed by atoms with Crippen molar-refractivity contribution >= 4 is 32.6 Å². The van der Waals surface area contributed by atoms with Crippen LogP contribution in [0.5, 0.6) is 5.75 Å². The Hall–Kier alpha value is -2.51. The van der Waals surface area contributed by atoms with Gasteiger partial charge < -0.3 is 9.64 Å². The minimum absolute atomic E-state index is 0.0538. The normalized spacial score (nSPS) is 11.1. The van der Waals surface area contributed by atoms with Crippen LogP contribution in [0, 0.1) is 5.82 Å². The van der Waals surface area contributed by atoms with E-state index in [1.54, 1.807) is 24.1 Å². The van der Waals surface area contributed by atoms with Gasteiger partial charge >= 0.3 is 0 Å². The number of anilines is 1. The van der Waals surface area contributed by atoms with Gasteiger partial charge in [0.2, 0.25) is 0 Å². The summed E-state index contributed by atoms with van der Waals surface area (Å²) in [5, 5.41) is 0.558. The first kappa shape index (κ1) is 18.3. The van der Waals surface area contributed by atoms with E-state index >= 15 is 0 Å². The highest BCUT2D eigenvalue weighted by atomic mass is 32.1. The number of fused-ring (bicyclic) bond motifs is 1. The minimum Gasteiger partial charge on any atom is -0.497 e. The lowest BCUT2D eigenvalue weighted by Crippen LogP contribution is -3.06. The molecule has 1 amide bonds. The van der Waals surface area contributed by atoms with Crippen LogP contribution in [0.1, 0.15) is 10.4 Å². The van der Waals surface area contributed by atoms with E-state index in [4.69, 9.17) is 4.74 Å². The number of hydrogen-bond acceptors (Lipinski definition) is 4. The molecule has 1 N–H and O–H groups in total. The van der Waals surface area contributed by atoms with Crippen LogP contribution in [-0.2, 0) is 0 Å². The number of benzene rings is 2. The predicted octanol–water partition coefficient (Wildman–Crippen LogP) is 2.24. The van der Waals surface area contributed by atoms with E-state index in [2.05, 4.69) is 4.98 Å². The molecule has 0 saturated carbocycles. The first-order valence-corrected chi connectivity index (χ1v) is 9.11. The van der Waals surface area contributed by atoms with E-state index < -0.39 is 5.82 Å². The summed E-state index contributed by atoms with van der Waals surface area (Å²) in [6.07, 6.45) is 0. The number of methoxy groups -OCH3 is 1. The molecule has 3 aromatic rings. The van der Waals surface area contributed by atoms with Gasteiger partial charge in [-0.2, -0.15) is 0 Å². The molecule has 0 unspecified atom stereocenters. The molecule has 0 aliphatic carbocycles. The smallest absolute Gasteiger partial charge is 0.263 e. The second-order valence-corrected chi connectivity index (χ2v) is 7.23. The van der Waals surface area contributed by atoms with Gasteiger partial charge in [-0.15, -0.1) is 0 Å². The average molecular weight is 374 g/mol. The fourth-order valence-corrected chi connectivity index (χ4v) is 3.51. The number of carbonyl (C=O) groups is 1. The van der Waals surface area contributed by atoms with Crippen molar-refractivity contribution in [1.82, 2.24) is 4.98 Å². The molecule has 0 saturated heterocycles. The third-order valence-corrected chi connectivity index (χ3v) is 5.06. The lowest BCUT2D eigenvalue weighted by atomic mass is 10.2. The number of rotatable bonds is 6. The quantitative estimate of drug-likeness (QED) is 0.720. The lowest BCUT2D eigenvalue weighted by Gasteiger charge is -2.20. The van der Waals surface area contributed by atoms with Crippen LogP contribution in [0.3, 0.4) is 0 Å². The summed E-state index contributed by atoms with van der Waals surface area (Å²) in [5.41, 5.74) is 0.811. The fourth-order valence-electron chi connectivity index (χ4n) is 2.54. The van der Waals surface area contributed by atoms with E-state index in [0.29, 0.717) is 17.4 Å². The Bertz CT molecular complexity index is 926. The predicted molar refractivity (Wildman–Crippen MR) is 102 cm³/mol. The molecule has 136 valence electrons. The second kappa shape index (κ2) is 7.80. The average Bonchev–Trinajstić information content (AvgIpc) is 3.04. The summed E-state index contributed by atoms with van der Waals surface area (Å²) in [6.45, 7) is 1.17. The van der Waals surface area contributed by atoms with Crippen LogP contribution in [0.4, 0.5) is 9.52 Å². The number of ether oxygens (including phenoxy) is 1. The Morgan fingerprint density at radius 1 is 1.27 bits per heavy atom. The van der Waals surface area contributed by atoms with Gasteiger partial charge in [-0.1, -0.05) is 23.5 Å². The lowest BCUT2D eigenvalue weighted by molar-refractivity contribution is -0.856. The van der Waals surface area contributed by atoms with Crippen LogP contribution in [0.2, 0.25) is 0 Å². The maximum Gasteiger partial charge on any atom is 0.263 e. The third-order valence-electron chi connectivity index (χ3n) is 4.00. The third kappa shape index (κ3) is 3.84. The van der Waals surface area contributed by atoms with Gasteiger partial charge in [0.25, 0.3) is 5.91 Å². The van der Waals surface area contributed by atoms with Gasteiger partial charge in [-0.25, -0.2) is 9.37 Å². The van der Waals surface area contributed by atoms with E-state index in [1.807, 2.05) is 32.3 Å². The zero-order valence-electron chi connectivity index (χ0n) is 15.0. The highest BCUT2D eigenvalue weighted by Crippen LogP contribution is 2.32. The first-order chi connectivity index (χ1) is 12.5. The largest absolute Gasteiger partial charge is 0.497 e. The highest BCUT2D eigenvalue weighted by Gasteiger charge is 2.24. The van der Waals surface area contributed by atoms with Gasteiger partial charge in [0.1, 0.15) is 11.6 Å². The van der Waals surface area contributed by atoms with Crippen molar-refractivity contribution in [2.75, 3.05) is 39.2 Å². The van der Waals surface area contributed by atoms with Crippen molar-refractivity contribution in [3.8, 4) is 5.75 Å². The van der Waals surface area contributed by atoms with Gasteiger partial charge in [-0.05, 0) is 24.3 Å². The molecule has 5 nitrogen and oxygen atoms in total. The number of thiazole rings is 1. The molecule has 0 aliphatic rings. The van der Waals surface area contributed by atoms with Crippen molar-refractivity contribution in [3.63, 3.8) is 0 Å².